The number of hydrogen-bond acceptors (Lipinski definition) is 2. The highest BCUT2D eigenvalue weighted by Crippen LogP contribution is 2.62. The SMILES string of the molecule is c1ccc(N2c3ccccc3B3c4cccc5c4N(c4ccccc4[Si]5(c4ccccc4)c4ccccc4)c4cc(C56CC7CC(CC(C7)C5)C6)cc2c43)cc1. The number of fused-ring (bicyclic) bond motifs is 6. The Morgan fingerprint density at radius 3 is 1.64 bits per heavy atom. The van der Waals surface area contributed by atoms with E-state index in [0.29, 0.717) is 0 Å². The molecule has 4 fully saturated rings. The number of para-hydroxylation sites is 4. The number of anilines is 6. The minimum atomic E-state index is -2.77. The average molecular weight is 735 g/mol. The highest BCUT2D eigenvalue weighted by Gasteiger charge is 2.56. The Morgan fingerprint density at radius 2 is 0.982 bits per heavy atom. The second-order valence-electron chi connectivity index (χ2n) is 17.9. The Labute approximate surface area is 331 Å². The molecule has 3 aliphatic heterocycles. The van der Waals surface area contributed by atoms with Crippen molar-refractivity contribution in [3.63, 3.8) is 0 Å². The van der Waals surface area contributed by atoms with Crippen LogP contribution in [0, 0.1) is 17.8 Å². The number of rotatable bonds is 4. The monoisotopic (exact) mass is 734 g/mol. The van der Waals surface area contributed by atoms with Gasteiger partial charge in [-0.05, 0) is 141 Å². The van der Waals surface area contributed by atoms with Crippen LogP contribution in [0.25, 0.3) is 0 Å². The third kappa shape index (κ3) is 4.08. The second kappa shape index (κ2) is 11.5. The zero-order valence-corrected chi connectivity index (χ0v) is 32.6. The molecular weight excluding hydrogens is 691 g/mol. The topological polar surface area (TPSA) is 6.48 Å². The van der Waals surface area contributed by atoms with E-state index in [9.17, 15) is 0 Å². The van der Waals surface area contributed by atoms with E-state index in [-0.39, 0.29) is 12.1 Å². The van der Waals surface area contributed by atoms with Gasteiger partial charge in [-0.25, -0.2) is 0 Å². The summed E-state index contributed by atoms with van der Waals surface area (Å²) in [5.41, 5.74) is 14.2. The molecule has 4 heteroatoms. The van der Waals surface area contributed by atoms with Gasteiger partial charge in [0.2, 0.25) is 0 Å². The van der Waals surface area contributed by atoms with Gasteiger partial charge < -0.3 is 9.80 Å². The van der Waals surface area contributed by atoms with Gasteiger partial charge in [-0.3, -0.25) is 0 Å². The lowest BCUT2D eigenvalue weighted by Crippen LogP contribution is -2.79. The highest BCUT2D eigenvalue weighted by molar-refractivity contribution is 7.22. The van der Waals surface area contributed by atoms with E-state index in [0.717, 1.165) is 17.8 Å². The van der Waals surface area contributed by atoms with E-state index in [1.807, 2.05) is 0 Å². The van der Waals surface area contributed by atoms with Crippen LogP contribution >= 0.6 is 0 Å². The number of hydrogen-bond donors (Lipinski definition) is 0. The van der Waals surface area contributed by atoms with Gasteiger partial charge in [0.05, 0.1) is 0 Å². The van der Waals surface area contributed by atoms with Gasteiger partial charge in [-0.2, -0.15) is 0 Å². The van der Waals surface area contributed by atoms with E-state index < -0.39 is 8.07 Å². The summed E-state index contributed by atoms with van der Waals surface area (Å²) in [5, 5.41) is 5.87. The van der Waals surface area contributed by atoms with Crippen molar-refractivity contribution in [2.45, 2.75) is 43.9 Å². The Morgan fingerprint density at radius 1 is 0.464 bits per heavy atom. The first-order valence-corrected chi connectivity index (χ1v) is 23.0. The Balaban J connectivity index is 1.17. The van der Waals surface area contributed by atoms with Crippen LogP contribution in [0.4, 0.5) is 34.1 Å². The molecule has 2 nitrogen and oxygen atoms in total. The molecule has 0 atom stereocenters. The summed E-state index contributed by atoms with van der Waals surface area (Å²) in [6.45, 7) is 0.122. The van der Waals surface area contributed by atoms with Gasteiger partial charge in [0.1, 0.15) is 0 Å². The Bertz CT molecular complexity index is 2640. The fraction of sp³-hybridized carbons (Fsp3) is 0.192. The van der Waals surface area contributed by atoms with Crippen LogP contribution in [-0.2, 0) is 5.41 Å². The van der Waals surface area contributed by atoms with Crippen molar-refractivity contribution >= 4 is 86.0 Å². The summed E-state index contributed by atoms with van der Waals surface area (Å²) in [6.07, 6.45) is 8.39. The van der Waals surface area contributed by atoms with Crippen LogP contribution in [0.3, 0.4) is 0 Å². The second-order valence-corrected chi connectivity index (χ2v) is 21.6. The molecule has 14 rings (SSSR count). The average Bonchev–Trinajstić information content (AvgIpc) is 3.25. The molecule has 0 amide bonds. The van der Waals surface area contributed by atoms with Crippen molar-refractivity contribution < 1.29 is 0 Å². The van der Waals surface area contributed by atoms with Crippen LogP contribution in [0.5, 0.6) is 0 Å². The van der Waals surface area contributed by atoms with Crippen molar-refractivity contribution in [3.05, 3.63) is 175 Å². The molecule has 0 spiro atoms. The van der Waals surface area contributed by atoms with E-state index in [2.05, 4.69) is 180 Å². The lowest BCUT2D eigenvalue weighted by molar-refractivity contribution is -0.00514. The number of nitrogens with zero attached hydrogens (tertiary/aromatic N) is 2. The fourth-order valence-electron chi connectivity index (χ4n) is 13.5. The summed E-state index contributed by atoms with van der Waals surface area (Å²) in [7, 11) is -2.77. The normalized spacial score (nSPS) is 23.9. The standard InChI is InChI=1S/C52H43BN2Si/c1-4-15-39(16-5-1)54-44-23-11-10-21-42(44)53-43-22-14-26-49-51(43)55(47-31-38(30-46(54)50(47)53)52-32-35-27-36(33-52)29-37(28-35)34-52)45-24-12-13-25-48(45)56(49,40-17-6-2-7-18-40)41-19-8-3-9-20-41/h1-26,30-31,35-37H,27-29,32-34H2. The van der Waals surface area contributed by atoms with Crippen molar-refractivity contribution in [1.82, 2.24) is 0 Å². The molecular formula is C52H43BN2Si. The van der Waals surface area contributed by atoms with Gasteiger partial charge >= 0.3 is 0 Å². The number of benzene rings is 7. The zero-order chi connectivity index (χ0) is 36.6. The molecule has 4 aliphatic carbocycles. The van der Waals surface area contributed by atoms with Crippen LogP contribution in [0.1, 0.15) is 44.1 Å². The first-order valence-electron chi connectivity index (χ1n) is 21.0. The van der Waals surface area contributed by atoms with Crippen LogP contribution in [-0.4, -0.2) is 14.8 Å². The van der Waals surface area contributed by atoms with Gasteiger partial charge in [0.15, 0.2) is 8.07 Å². The van der Waals surface area contributed by atoms with Crippen molar-refractivity contribution in [1.29, 1.82) is 0 Å². The molecule has 0 radical (unpaired) electrons. The zero-order valence-electron chi connectivity index (χ0n) is 31.6. The summed E-state index contributed by atoms with van der Waals surface area (Å²) in [4.78, 5) is 5.37. The minimum Gasteiger partial charge on any atom is -0.312 e. The summed E-state index contributed by atoms with van der Waals surface area (Å²) < 4.78 is 0. The summed E-state index contributed by atoms with van der Waals surface area (Å²) in [6, 6.07) is 65.8. The van der Waals surface area contributed by atoms with Gasteiger partial charge in [0.25, 0.3) is 6.71 Å². The smallest absolute Gasteiger partial charge is 0.252 e. The predicted molar refractivity (Wildman–Crippen MR) is 237 cm³/mol. The van der Waals surface area contributed by atoms with E-state index in [1.165, 1.54) is 110 Å². The molecule has 3 heterocycles. The fourth-order valence-corrected chi connectivity index (χ4v) is 18.6. The van der Waals surface area contributed by atoms with Crippen LogP contribution < -0.4 is 46.9 Å². The Kier molecular flexibility index (Phi) is 6.49. The maximum Gasteiger partial charge on any atom is 0.252 e. The third-order valence-corrected chi connectivity index (χ3v) is 19.9. The van der Waals surface area contributed by atoms with E-state index >= 15 is 0 Å². The molecule has 0 N–H and O–H groups in total. The minimum absolute atomic E-state index is 0.122. The Hall–Kier alpha value is -5.58. The van der Waals surface area contributed by atoms with Crippen molar-refractivity contribution in [3.8, 4) is 0 Å². The molecule has 268 valence electrons. The van der Waals surface area contributed by atoms with Crippen LogP contribution in [0.2, 0.25) is 0 Å². The van der Waals surface area contributed by atoms with E-state index in [1.54, 1.807) is 5.56 Å². The van der Waals surface area contributed by atoms with Crippen LogP contribution in [0.15, 0.2) is 170 Å². The predicted octanol–water partition coefficient (Wildman–Crippen LogP) is 7.93. The maximum absolute atomic E-state index is 2.77. The molecule has 0 unspecified atom stereocenters. The molecule has 56 heavy (non-hydrogen) atoms. The van der Waals surface area contributed by atoms with Crippen molar-refractivity contribution in [2.24, 2.45) is 17.8 Å². The molecule has 4 bridgehead atoms. The largest absolute Gasteiger partial charge is 0.312 e. The summed E-state index contributed by atoms with van der Waals surface area (Å²) >= 11 is 0. The van der Waals surface area contributed by atoms with Gasteiger partial charge in [-0.1, -0.05) is 133 Å². The molecule has 7 aromatic rings. The maximum atomic E-state index is 2.76. The van der Waals surface area contributed by atoms with E-state index in [4.69, 9.17) is 0 Å². The van der Waals surface area contributed by atoms with Gasteiger partial charge in [0, 0.05) is 34.1 Å². The molecule has 7 aliphatic rings. The van der Waals surface area contributed by atoms with Crippen molar-refractivity contribution in [2.75, 3.05) is 9.80 Å². The molecule has 7 aromatic carbocycles. The highest BCUT2D eigenvalue weighted by atomic mass is 28.3. The first-order chi connectivity index (χ1) is 27.7. The van der Waals surface area contributed by atoms with Gasteiger partial charge in [-0.15, -0.1) is 0 Å². The lowest BCUT2D eigenvalue weighted by atomic mass is 9.33. The summed E-state index contributed by atoms with van der Waals surface area (Å²) in [5.74, 6) is 2.62. The molecule has 0 aromatic heterocycles. The molecule has 0 saturated heterocycles. The quantitative estimate of drug-likeness (QED) is 0.170. The third-order valence-electron chi connectivity index (χ3n) is 15.0. The molecule has 4 saturated carbocycles. The first kappa shape index (κ1) is 31.6. The lowest BCUT2D eigenvalue weighted by Gasteiger charge is -2.58.